The third-order valence-corrected chi connectivity index (χ3v) is 1.94. The van der Waals surface area contributed by atoms with E-state index in [-0.39, 0.29) is 5.78 Å². The summed E-state index contributed by atoms with van der Waals surface area (Å²) in [6.45, 7) is 0.351. The van der Waals surface area contributed by atoms with Crippen molar-refractivity contribution in [2.45, 2.75) is 6.54 Å². The van der Waals surface area contributed by atoms with E-state index in [1.807, 2.05) is 35.2 Å². The highest BCUT2D eigenvalue weighted by Gasteiger charge is 2.05. The van der Waals surface area contributed by atoms with Crippen molar-refractivity contribution in [2.24, 2.45) is 0 Å². The first-order valence-electron chi connectivity index (χ1n) is 4.41. The number of hydrogen-bond donors (Lipinski definition) is 0. The molecular formula is C11H10N2O. The lowest BCUT2D eigenvalue weighted by Gasteiger charge is -2.00. The van der Waals surface area contributed by atoms with Gasteiger partial charge in [-0.2, -0.15) is 0 Å². The lowest BCUT2D eigenvalue weighted by molar-refractivity contribution is 0.0967. The second-order valence-electron chi connectivity index (χ2n) is 2.99. The molecule has 0 spiro atoms. The molecule has 70 valence electrons. The fourth-order valence-electron chi connectivity index (χ4n) is 1.25. The Hall–Kier alpha value is -1.90. The van der Waals surface area contributed by atoms with Crippen molar-refractivity contribution in [3.8, 4) is 0 Å². The summed E-state index contributed by atoms with van der Waals surface area (Å²) in [5.41, 5.74) is 0.515. The molecule has 0 aliphatic carbocycles. The van der Waals surface area contributed by atoms with Crippen LogP contribution < -0.4 is 0 Å². The van der Waals surface area contributed by atoms with Crippen molar-refractivity contribution in [1.82, 2.24) is 9.55 Å². The second kappa shape index (κ2) is 3.87. The van der Waals surface area contributed by atoms with Crippen LogP contribution in [0.5, 0.6) is 0 Å². The minimum Gasteiger partial charge on any atom is -0.346 e. The molecule has 0 radical (unpaired) electrons. The first kappa shape index (κ1) is 8.69. The highest BCUT2D eigenvalue weighted by Crippen LogP contribution is 1.99. The fourth-order valence-corrected chi connectivity index (χ4v) is 1.25. The van der Waals surface area contributed by atoms with Crippen LogP contribution in [0.3, 0.4) is 0 Å². The monoisotopic (exact) mass is 186 g/mol. The lowest BCUT2D eigenvalue weighted by Crippen LogP contribution is -2.09. The summed E-state index contributed by atoms with van der Waals surface area (Å²) in [7, 11) is 0. The van der Waals surface area contributed by atoms with Gasteiger partial charge in [-0.15, -0.1) is 0 Å². The summed E-state index contributed by atoms with van der Waals surface area (Å²) in [5, 5.41) is 0. The quantitative estimate of drug-likeness (QED) is 0.684. The van der Waals surface area contributed by atoms with E-state index in [2.05, 4.69) is 4.98 Å². The molecule has 3 heteroatoms. The normalized spacial score (nSPS) is 10.0. The molecule has 0 N–H and O–H groups in total. The van der Waals surface area contributed by atoms with Crippen molar-refractivity contribution in [3.63, 3.8) is 0 Å². The first-order chi connectivity index (χ1) is 6.86. The molecule has 2 heterocycles. The zero-order valence-electron chi connectivity index (χ0n) is 7.63. The van der Waals surface area contributed by atoms with Crippen LogP contribution in [0.15, 0.2) is 48.9 Å². The van der Waals surface area contributed by atoms with Crippen molar-refractivity contribution >= 4 is 5.78 Å². The van der Waals surface area contributed by atoms with E-state index >= 15 is 0 Å². The number of carbonyl (C=O) groups excluding carboxylic acids is 1. The van der Waals surface area contributed by atoms with Crippen molar-refractivity contribution in [2.75, 3.05) is 0 Å². The number of nitrogens with zero attached hydrogens (tertiary/aromatic N) is 2. The molecule has 0 unspecified atom stereocenters. The summed E-state index contributed by atoms with van der Waals surface area (Å²) < 4.78 is 1.83. The van der Waals surface area contributed by atoms with Crippen LogP contribution in [-0.2, 0) is 6.54 Å². The Bertz CT molecular complexity index is 406. The first-order valence-corrected chi connectivity index (χ1v) is 4.41. The van der Waals surface area contributed by atoms with Gasteiger partial charge in [-0.3, -0.25) is 9.78 Å². The van der Waals surface area contributed by atoms with Gasteiger partial charge in [-0.1, -0.05) is 6.07 Å². The van der Waals surface area contributed by atoms with E-state index in [0.717, 1.165) is 0 Å². The molecule has 3 nitrogen and oxygen atoms in total. The molecule has 0 atom stereocenters. The van der Waals surface area contributed by atoms with Crippen LogP contribution in [0.4, 0.5) is 0 Å². The zero-order valence-corrected chi connectivity index (χ0v) is 7.63. The van der Waals surface area contributed by atoms with Gasteiger partial charge in [0.15, 0.2) is 0 Å². The van der Waals surface area contributed by atoms with Crippen molar-refractivity contribution < 1.29 is 4.79 Å². The Kier molecular flexibility index (Phi) is 2.40. The predicted molar refractivity (Wildman–Crippen MR) is 53.0 cm³/mol. The standard InChI is InChI=1S/C11H10N2O/c14-11(9-13-7-3-4-8-13)10-5-1-2-6-12-10/h1-8H,9H2. The van der Waals surface area contributed by atoms with Gasteiger partial charge in [-0.05, 0) is 24.3 Å². The van der Waals surface area contributed by atoms with E-state index in [0.29, 0.717) is 12.2 Å². The molecule has 2 rings (SSSR count). The van der Waals surface area contributed by atoms with Gasteiger partial charge in [0.1, 0.15) is 5.69 Å². The minimum absolute atomic E-state index is 0.0294. The number of pyridine rings is 1. The number of rotatable bonds is 3. The topological polar surface area (TPSA) is 34.9 Å². The van der Waals surface area contributed by atoms with Crippen LogP contribution in [-0.4, -0.2) is 15.3 Å². The van der Waals surface area contributed by atoms with Gasteiger partial charge in [0.25, 0.3) is 0 Å². The van der Waals surface area contributed by atoms with Gasteiger partial charge < -0.3 is 4.57 Å². The maximum atomic E-state index is 11.6. The third-order valence-electron chi connectivity index (χ3n) is 1.94. The summed E-state index contributed by atoms with van der Waals surface area (Å²) in [4.78, 5) is 15.6. The Labute approximate surface area is 82.0 Å². The number of aromatic nitrogens is 2. The van der Waals surface area contributed by atoms with Crippen LogP contribution >= 0.6 is 0 Å². The molecule has 0 aromatic carbocycles. The SMILES string of the molecule is O=C(Cn1cccc1)c1ccccn1. The molecule has 0 aliphatic heterocycles. The molecule has 0 aliphatic rings. The molecule has 14 heavy (non-hydrogen) atoms. The largest absolute Gasteiger partial charge is 0.346 e. The smallest absolute Gasteiger partial charge is 0.200 e. The fraction of sp³-hybridized carbons (Fsp3) is 0.0909. The number of hydrogen-bond acceptors (Lipinski definition) is 2. The molecular weight excluding hydrogens is 176 g/mol. The summed E-state index contributed by atoms with van der Waals surface area (Å²) in [6, 6.07) is 9.13. The average molecular weight is 186 g/mol. The Morgan fingerprint density at radius 2 is 2.00 bits per heavy atom. The van der Waals surface area contributed by atoms with E-state index in [1.54, 1.807) is 18.3 Å². The Balaban J connectivity index is 2.11. The van der Waals surface area contributed by atoms with Gasteiger partial charge in [0, 0.05) is 18.6 Å². The molecule has 0 saturated heterocycles. The maximum Gasteiger partial charge on any atom is 0.200 e. The average Bonchev–Trinajstić information content (AvgIpc) is 2.72. The second-order valence-corrected chi connectivity index (χ2v) is 2.99. The maximum absolute atomic E-state index is 11.6. The van der Waals surface area contributed by atoms with Crippen LogP contribution in [0.2, 0.25) is 0 Å². The molecule has 0 bridgehead atoms. The predicted octanol–water partition coefficient (Wildman–Crippen LogP) is 1.77. The molecule has 0 saturated carbocycles. The number of carbonyl (C=O) groups is 1. The number of ketones is 1. The van der Waals surface area contributed by atoms with Crippen molar-refractivity contribution in [1.29, 1.82) is 0 Å². The van der Waals surface area contributed by atoms with Gasteiger partial charge in [-0.25, -0.2) is 0 Å². The van der Waals surface area contributed by atoms with E-state index in [9.17, 15) is 4.79 Å². The van der Waals surface area contributed by atoms with Crippen LogP contribution in [0, 0.1) is 0 Å². The minimum atomic E-state index is 0.0294. The highest BCUT2D eigenvalue weighted by molar-refractivity contribution is 5.93. The molecule has 2 aromatic heterocycles. The van der Waals surface area contributed by atoms with E-state index in [4.69, 9.17) is 0 Å². The highest BCUT2D eigenvalue weighted by atomic mass is 16.1. The zero-order chi connectivity index (χ0) is 9.80. The molecule has 0 fully saturated rings. The lowest BCUT2D eigenvalue weighted by atomic mass is 10.2. The molecule has 0 amide bonds. The van der Waals surface area contributed by atoms with Crippen LogP contribution in [0.1, 0.15) is 10.5 Å². The Morgan fingerprint density at radius 3 is 2.64 bits per heavy atom. The Morgan fingerprint density at radius 1 is 1.21 bits per heavy atom. The summed E-state index contributed by atoms with van der Waals surface area (Å²) in [6.07, 6.45) is 5.35. The third kappa shape index (κ3) is 1.88. The molecule has 2 aromatic rings. The van der Waals surface area contributed by atoms with E-state index in [1.165, 1.54) is 0 Å². The summed E-state index contributed by atoms with van der Waals surface area (Å²) in [5.74, 6) is 0.0294. The number of Topliss-reactive ketones (excluding diaryl/α,β-unsaturated/α-hetero) is 1. The summed E-state index contributed by atoms with van der Waals surface area (Å²) >= 11 is 0. The van der Waals surface area contributed by atoms with E-state index < -0.39 is 0 Å². The van der Waals surface area contributed by atoms with Gasteiger partial charge in [0.05, 0.1) is 6.54 Å². The van der Waals surface area contributed by atoms with Crippen LogP contribution in [0.25, 0.3) is 0 Å². The van der Waals surface area contributed by atoms with Crippen molar-refractivity contribution in [3.05, 3.63) is 54.6 Å². The van der Waals surface area contributed by atoms with Gasteiger partial charge in [0.2, 0.25) is 5.78 Å². The van der Waals surface area contributed by atoms with Gasteiger partial charge >= 0.3 is 0 Å².